The molecule has 0 atom stereocenters. The molecular formula is C27H29N2+. The molecule has 1 aliphatic rings. The number of amidine groups is 1. The number of nitrogens with zero attached hydrogens (tertiary/aromatic N) is 1. The second-order valence-electron chi connectivity index (χ2n) is 8.58. The summed E-state index contributed by atoms with van der Waals surface area (Å²) < 4.78 is 2.50. The van der Waals surface area contributed by atoms with Gasteiger partial charge in [-0.3, -0.25) is 5.32 Å². The lowest BCUT2D eigenvalue weighted by Crippen LogP contribution is -2.45. The van der Waals surface area contributed by atoms with Crippen molar-refractivity contribution in [3.63, 3.8) is 0 Å². The first-order valence-electron chi connectivity index (χ1n) is 10.3. The van der Waals surface area contributed by atoms with Gasteiger partial charge in [0.25, 0.3) is 5.84 Å². The zero-order chi connectivity index (χ0) is 20.3. The molecule has 0 fully saturated rings. The highest BCUT2D eigenvalue weighted by Gasteiger charge is 2.34. The molecule has 2 heteroatoms. The summed E-state index contributed by atoms with van der Waals surface area (Å²) in [5.41, 5.74) is 5.09. The Morgan fingerprint density at radius 1 is 0.724 bits per heavy atom. The molecule has 2 nitrogen and oxygen atoms in total. The van der Waals surface area contributed by atoms with Gasteiger partial charge in [-0.05, 0) is 32.4 Å². The maximum Gasteiger partial charge on any atom is 0.278 e. The Morgan fingerprint density at radius 2 is 1.21 bits per heavy atom. The molecule has 0 unspecified atom stereocenters. The zero-order valence-electron chi connectivity index (χ0n) is 17.5. The number of hydrogen-bond donors (Lipinski definition) is 1. The Kier molecular flexibility index (Phi) is 5.35. The van der Waals surface area contributed by atoms with Crippen molar-refractivity contribution in [2.75, 3.05) is 6.54 Å². The van der Waals surface area contributed by atoms with Gasteiger partial charge in [-0.1, -0.05) is 91.0 Å². The van der Waals surface area contributed by atoms with Crippen molar-refractivity contribution < 1.29 is 4.58 Å². The van der Waals surface area contributed by atoms with E-state index in [1.54, 1.807) is 0 Å². The molecule has 0 bridgehead atoms. The molecule has 4 rings (SSSR count). The van der Waals surface area contributed by atoms with Crippen LogP contribution in [0.1, 0.15) is 43.5 Å². The first kappa shape index (κ1) is 19.2. The van der Waals surface area contributed by atoms with Gasteiger partial charge in [0, 0.05) is 11.1 Å². The quantitative estimate of drug-likeness (QED) is 0.575. The van der Waals surface area contributed by atoms with Crippen LogP contribution in [0.15, 0.2) is 97.1 Å². The summed E-state index contributed by atoms with van der Waals surface area (Å²) in [5.74, 6) is 1.20. The molecular weight excluding hydrogens is 352 g/mol. The molecule has 1 heterocycles. The van der Waals surface area contributed by atoms with Crippen molar-refractivity contribution in [3.05, 3.63) is 114 Å². The topological polar surface area (TPSA) is 15.0 Å². The van der Waals surface area contributed by atoms with Crippen molar-refractivity contribution in [1.29, 1.82) is 0 Å². The monoisotopic (exact) mass is 381 g/mol. The average molecular weight is 382 g/mol. The average Bonchev–Trinajstić information content (AvgIpc) is 3.12. The normalized spacial score (nSPS) is 14.3. The summed E-state index contributed by atoms with van der Waals surface area (Å²) in [4.78, 5) is 0. The lowest BCUT2D eigenvalue weighted by atomic mass is 9.97. The van der Waals surface area contributed by atoms with Crippen LogP contribution in [0.4, 0.5) is 0 Å². The van der Waals surface area contributed by atoms with Gasteiger partial charge >= 0.3 is 0 Å². The summed E-state index contributed by atoms with van der Waals surface area (Å²) >= 11 is 0. The third kappa shape index (κ3) is 4.32. The summed E-state index contributed by atoms with van der Waals surface area (Å²) in [6.45, 7) is 7.54. The van der Waals surface area contributed by atoms with Gasteiger partial charge in [0.15, 0.2) is 0 Å². The smallest absolute Gasteiger partial charge is 0.270 e. The third-order valence-corrected chi connectivity index (χ3v) is 5.15. The summed E-state index contributed by atoms with van der Waals surface area (Å²) in [5, 5.41) is 3.81. The van der Waals surface area contributed by atoms with Crippen LogP contribution < -0.4 is 5.32 Å². The van der Waals surface area contributed by atoms with E-state index in [9.17, 15) is 0 Å². The summed E-state index contributed by atoms with van der Waals surface area (Å²) in [7, 11) is 0. The molecule has 0 radical (unpaired) electrons. The van der Waals surface area contributed by atoms with Crippen molar-refractivity contribution in [1.82, 2.24) is 5.32 Å². The van der Waals surface area contributed by atoms with Gasteiger partial charge in [-0.25, -0.2) is 4.58 Å². The molecule has 0 saturated carbocycles. The molecule has 0 saturated heterocycles. The fraction of sp³-hybridized carbons (Fsp3) is 0.222. The fourth-order valence-electron chi connectivity index (χ4n) is 3.96. The largest absolute Gasteiger partial charge is 0.278 e. The Hall–Kier alpha value is -3.13. The highest BCUT2D eigenvalue weighted by Crippen LogP contribution is 2.31. The number of nitrogens with one attached hydrogen (secondary N) is 1. The van der Waals surface area contributed by atoms with Crippen LogP contribution in [0, 0.1) is 0 Å². The van der Waals surface area contributed by atoms with Crippen LogP contribution in [0.5, 0.6) is 0 Å². The van der Waals surface area contributed by atoms with E-state index in [4.69, 9.17) is 0 Å². The minimum atomic E-state index is -0.0380. The van der Waals surface area contributed by atoms with Crippen LogP contribution in [0.2, 0.25) is 0 Å². The van der Waals surface area contributed by atoms with Crippen molar-refractivity contribution in [2.45, 2.75) is 32.4 Å². The lowest BCUT2D eigenvalue weighted by molar-refractivity contribution is -0.551. The van der Waals surface area contributed by atoms with Crippen LogP contribution >= 0.6 is 0 Å². The summed E-state index contributed by atoms with van der Waals surface area (Å²) in [6.07, 6.45) is 2.35. The van der Waals surface area contributed by atoms with Gasteiger partial charge in [0.2, 0.25) is 0 Å². The van der Waals surface area contributed by atoms with E-state index in [-0.39, 0.29) is 11.6 Å². The van der Waals surface area contributed by atoms with E-state index in [1.165, 1.54) is 28.1 Å². The van der Waals surface area contributed by atoms with E-state index >= 15 is 0 Å². The maximum atomic E-state index is 3.81. The number of benzene rings is 3. The Labute approximate surface area is 174 Å². The molecule has 1 N–H and O–H groups in total. The van der Waals surface area contributed by atoms with E-state index in [0.717, 1.165) is 6.54 Å². The molecule has 3 aromatic rings. The minimum Gasteiger partial charge on any atom is -0.270 e. The van der Waals surface area contributed by atoms with E-state index in [1.807, 2.05) is 0 Å². The number of hydrogen-bond acceptors (Lipinski definition) is 1. The third-order valence-electron chi connectivity index (χ3n) is 5.15. The molecule has 29 heavy (non-hydrogen) atoms. The predicted molar refractivity (Wildman–Crippen MR) is 122 cm³/mol. The van der Waals surface area contributed by atoms with Gasteiger partial charge in [0.05, 0.1) is 11.1 Å². The van der Waals surface area contributed by atoms with Crippen LogP contribution in [-0.4, -0.2) is 22.5 Å². The lowest BCUT2D eigenvalue weighted by Gasteiger charge is -2.24. The standard InChI is InChI=1S/C27H28N2/c1-27(2,3)28-26-24(21-13-7-4-8-14-21)19-20-29(26)25(22-15-9-5-10-16-22)23-17-11-6-12-18-23/h4-19,25H,20H2,1-3H3/p+1. The van der Waals surface area contributed by atoms with Crippen LogP contribution in [0.25, 0.3) is 5.57 Å². The van der Waals surface area contributed by atoms with Gasteiger partial charge in [-0.2, -0.15) is 0 Å². The Balaban J connectivity index is 1.88. The van der Waals surface area contributed by atoms with Crippen molar-refractivity contribution >= 4 is 11.4 Å². The van der Waals surface area contributed by atoms with Crippen LogP contribution in [-0.2, 0) is 0 Å². The van der Waals surface area contributed by atoms with Gasteiger partial charge < -0.3 is 0 Å². The van der Waals surface area contributed by atoms with Crippen LogP contribution in [0.3, 0.4) is 0 Å². The first-order valence-corrected chi connectivity index (χ1v) is 10.3. The van der Waals surface area contributed by atoms with Gasteiger partial charge in [0.1, 0.15) is 12.6 Å². The first-order chi connectivity index (χ1) is 14.0. The predicted octanol–water partition coefficient (Wildman–Crippen LogP) is 5.67. The fourth-order valence-corrected chi connectivity index (χ4v) is 3.96. The molecule has 146 valence electrons. The molecule has 1 aliphatic heterocycles. The second kappa shape index (κ2) is 8.08. The highest BCUT2D eigenvalue weighted by molar-refractivity contribution is 6.21. The molecule has 0 aliphatic carbocycles. The van der Waals surface area contributed by atoms with Crippen molar-refractivity contribution in [3.8, 4) is 0 Å². The maximum absolute atomic E-state index is 3.81. The minimum absolute atomic E-state index is 0.0380. The second-order valence-corrected chi connectivity index (χ2v) is 8.58. The van der Waals surface area contributed by atoms with E-state index < -0.39 is 0 Å². The van der Waals surface area contributed by atoms with E-state index in [0.29, 0.717) is 0 Å². The molecule has 0 amide bonds. The Bertz CT molecular complexity index is 971. The van der Waals surface area contributed by atoms with Crippen molar-refractivity contribution in [2.24, 2.45) is 0 Å². The summed E-state index contributed by atoms with van der Waals surface area (Å²) in [6, 6.07) is 32.4. The zero-order valence-corrected chi connectivity index (χ0v) is 17.5. The SMILES string of the molecule is CC(C)(C)NC1=[N+](C(c2ccccc2)c2ccccc2)CC=C1c1ccccc1. The van der Waals surface area contributed by atoms with E-state index in [2.05, 4.69) is 128 Å². The molecule has 3 aromatic carbocycles. The van der Waals surface area contributed by atoms with Gasteiger partial charge in [-0.15, -0.1) is 0 Å². The molecule has 0 spiro atoms. The molecule has 0 aromatic heterocycles. The number of rotatable bonds is 4. The Morgan fingerprint density at radius 3 is 1.69 bits per heavy atom. The highest BCUT2D eigenvalue weighted by atomic mass is 15.2.